The van der Waals surface area contributed by atoms with Crippen LogP contribution in [0.25, 0.3) is 33.4 Å². The summed E-state index contributed by atoms with van der Waals surface area (Å²) in [6.45, 7) is 13.5. The Morgan fingerprint density at radius 3 is 0.947 bits per heavy atom. The van der Waals surface area contributed by atoms with Gasteiger partial charge in [0.15, 0.2) is 0 Å². The van der Waals surface area contributed by atoms with Gasteiger partial charge in [0.25, 0.3) is 0 Å². The highest BCUT2D eigenvalue weighted by Gasteiger charge is 2.16. The predicted octanol–water partition coefficient (Wildman–Crippen LogP) is 11.0. The zero-order chi connectivity index (χ0) is 27.2. The lowest BCUT2D eigenvalue weighted by Gasteiger charge is -2.21. The molecule has 0 heterocycles. The fourth-order valence-corrected chi connectivity index (χ4v) is 4.45. The maximum absolute atomic E-state index is 2.32. The van der Waals surface area contributed by atoms with Gasteiger partial charge in [-0.05, 0) is 61.4 Å². The second-order valence-corrected chi connectivity index (χ2v) is 12.0. The molecule has 0 aliphatic rings. The zero-order valence-electron chi connectivity index (χ0n) is 23.7. The van der Waals surface area contributed by atoms with E-state index in [-0.39, 0.29) is 10.8 Å². The van der Waals surface area contributed by atoms with Crippen molar-refractivity contribution in [1.29, 1.82) is 0 Å². The fourth-order valence-electron chi connectivity index (χ4n) is 4.45. The van der Waals surface area contributed by atoms with E-state index in [4.69, 9.17) is 0 Å². The first-order valence-corrected chi connectivity index (χ1v) is 13.5. The number of hydrogen-bond donors (Lipinski definition) is 0. The molecule has 0 aliphatic carbocycles. The molecule has 0 atom stereocenters. The minimum Gasteiger partial charge on any atom is -0.0622 e. The minimum atomic E-state index is 0.133. The van der Waals surface area contributed by atoms with Crippen molar-refractivity contribution in [2.75, 3.05) is 0 Å². The third kappa shape index (κ3) is 7.11. The van der Waals surface area contributed by atoms with Crippen LogP contribution in [0.4, 0.5) is 0 Å². The lowest BCUT2D eigenvalue weighted by molar-refractivity contribution is 0.590. The Labute approximate surface area is 230 Å². The molecular weight excluding hydrogens is 456 g/mol. The Balaban J connectivity index is 0.000000186. The van der Waals surface area contributed by atoms with Crippen molar-refractivity contribution in [2.24, 2.45) is 0 Å². The normalized spacial score (nSPS) is 11.4. The summed E-state index contributed by atoms with van der Waals surface area (Å²) < 4.78 is 0. The summed E-state index contributed by atoms with van der Waals surface area (Å²) in [5.41, 5.74) is 10.8. The third-order valence-corrected chi connectivity index (χ3v) is 6.87. The smallest absolute Gasteiger partial charge is 0.0131 e. The van der Waals surface area contributed by atoms with Crippen molar-refractivity contribution in [3.63, 3.8) is 0 Å². The molecule has 0 unspecified atom stereocenters. The first-order chi connectivity index (χ1) is 18.1. The van der Waals surface area contributed by atoms with E-state index in [2.05, 4.69) is 169 Å². The lowest BCUT2D eigenvalue weighted by atomic mass is 9.83. The molecular formula is C38H40. The van der Waals surface area contributed by atoms with Gasteiger partial charge in [-0.1, -0.05) is 169 Å². The van der Waals surface area contributed by atoms with E-state index in [9.17, 15) is 0 Å². The molecule has 0 N–H and O–H groups in total. The van der Waals surface area contributed by atoms with E-state index in [1.165, 1.54) is 44.5 Å². The third-order valence-electron chi connectivity index (χ3n) is 6.87. The average molecular weight is 497 g/mol. The summed E-state index contributed by atoms with van der Waals surface area (Å²) in [6, 6.07) is 47.5. The van der Waals surface area contributed by atoms with E-state index in [0.717, 1.165) is 0 Å². The van der Waals surface area contributed by atoms with Crippen molar-refractivity contribution in [1.82, 2.24) is 0 Å². The highest BCUT2D eigenvalue weighted by atomic mass is 14.2. The van der Waals surface area contributed by atoms with Crippen LogP contribution >= 0.6 is 0 Å². The second kappa shape index (κ2) is 11.7. The first-order valence-electron chi connectivity index (χ1n) is 13.5. The van der Waals surface area contributed by atoms with Crippen LogP contribution in [0, 0.1) is 0 Å². The summed E-state index contributed by atoms with van der Waals surface area (Å²) >= 11 is 0. The standard InChI is InChI=1S/C22H22.C16H18/c1-22(2,3)21-15-19(17-10-6-4-7-11-17)14-20(16-21)18-12-8-5-9-13-18;1-16(2,3)15-11-9-14(10-12-15)13-7-5-4-6-8-13/h4-16H,1-3H3;4-12H,1-3H3. The Kier molecular flexibility index (Phi) is 8.32. The Morgan fingerprint density at radius 1 is 0.289 bits per heavy atom. The van der Waals surface area contributed by atoms with Gasteiger partial charge in [-0.25, -0.2) is 0 Å². The van der Waals surface area contributed by atoms with Crippen LogP contribution < -0.4 is 0 Å². The molecule has 0 amide bonds. The molecule has 5 aromatic carbocycles. The van der Waals surface area contributed by atoms with Crippen molar-refractivity contribution < 1.29 is 0 Å². The van der Waals surface area contributed by atoms with Crippen molar-refractivity contribution in [3.8, 4) is 33.4 Å². The summed E-state index contributed by atoms with van der Waals surface area (Å²) in [4.78, 5) is 0. The molecule has 192 valence electrons. The average Bonchev–Trinajstić information content (AvgIpc) is 2.94. The lowest BCUT2D eigenvalue weighted by Crippen LogP contribution is -2.11. The van der Waals surface area contributed by atoms with Gasteiger partial charge in [-0.15, -0.1) is 0 Å². The van der Waals surface area contributed by atoms with Crippen LogP contribution in [0.3, 0.4) is 0 Å². The highest BCUT2D eigenvalue weighted by Crippen LogP contribution is 2.33. The molecule has 5 aromatic rings. The summed E-state index contributed by atoms with van der Waals surface area (Å²) in [6.07, 6.45) is 0. The quantitative estimate of drug-likeness (QED) is 0.233. The van der Waals surface area contributed by atoms with Crippen LogP contribution in [-0.4, -0.2) is 0 Å². The molecule has 0 radical (unpaired) electrons. The Morgan fingerprint density at radius 2 is 0.605 bits per heavy atom. The van der Waals surface area contributed by atoms with Crippen molar-refractivity contribution in [3.05, 3.63) is 145 Å². The van der Waals surface area contributed by atoms with Crippen molar-refractivity contribution in [2.45, 2.75) is 52.4 Å². The van der Waals surface area contributed by atoms with Gasteiger partial charge in [0.2, 0.25) is 0 Å². The van der Waals surface area contributed by atoms with Crippen LogP contribution in [0.5, 0.6) is 0 Å². The molecule has 0 aromatic heterocycles. The molecule has 0 nitrogen and oxygen atoms in total. The van der Waals surface area contributed by atoms with Gasteiger partial charge in [0.1, 0.15) is 0 Å². The number of rotatable bonds is 3. The summed E-state index contributed by atoms with van der Waals surface area (Å²) in [5, 5.41) is 0. The second-order valence-electron chi connectivity index (χ2n) is 12.0. The molecule has 38 heavy (non-hydrogen) atoms. The molecule has 0 aliphatic heterocycles. The molecule has 0 bridgehead atoms. The molecule has 0 saturated carbocycles. The van der Waals surface area contributed by atoms with E-state index in [1.54, 1.807) is 0 Å². The monoisotopic (exact) mass is 496 g/mol. The SMILES string of the molecule is CC(C)(C)c1cc(-c2ccccc2)cc(-c2ccccc2)c1.CC(C)(C)c1ccc(-c2ccccc2)cc1. The minimum absolute atomic E-state index is 0.133. The van der Waals surface area contributed by atoms with Crippen LogP contribution in [0.2, 0.25) is 0 Å². The summed E-state index contributed by atoms with van der Waals surface area (Å²) in [5.74, 6) is 0. The fraction of sp³-hybridized carbons (Fsp3) is 0.211. The van der Waals surface area contributed by atoms with E-state index in [0.29, 0.717) is 0 Å². The van der Waals surface area contributed by atoms with Gasteiger partial charge in [-0.2, -0.15) is 0 Å². The van der Waals surface area contributed by atoms with Crippen LogP contribution in [-0.2, 0) is 10.8 Å². The van der Waals surface area contributed by atoms with E-state index < -0.39 is 0 Å². The van der Waals surface area contributed by atoms with Gasteiger partial charge in [0.05, 0.1) is 0 Å². The maximum Gasteiger partial charge on any atom is -0.0131 e. The van der Waals surface area contributed by atoms with Crippen LogP contribution in [0.1, 0.15) is 52.7 Å². The van der Waals surface area contributed by atoms with Crippen LogP contribution in [0.15, 0.2) is 133 Å². The van der Waals surface area contributed by atoms with E-state index in [1.807, 2.05) is 6.07 Å². The predicted molar refractivity (Wildman–Crippen MR) is 167 cm³/mol. The van der Waals surface area contributed by atoms with Gasteiger partial charge in [-0.3, -0.25) is 0 Å². The molecule has 0 fully saturated rings. The Hall–Kier alpha value is -3.90. The largest absolute Gasteiger partial charge is 0.0622 e. The molecule has 0 spiro atoms. The first kappa shape index (κ1) is 27.1. The summed E-state index contributed by atoms with van der Waals surface area (Å²) in [7, 11) is 0. The molecule has 0 heteroatoms. The van der Waals surface area contributed by atoms with Gasteiger partial charge in [0, 0.05) is 0 Å². The molecule has 5 rings (SSSR count). The van der Waals surface area contributed by atoms with Crippen molar-refractivity contribution >= 4 is 0 Å². The maximum atomic E-state index is 2.32. The van der Waals surface area contributed by atoms with Gasteiger partial charge >= 0.3 is 0 Å². The number of benzene rings is 5. The molecule has 0 saturated heterocycles. The highest BCUT2D eigenvalue weighted by molar-refractivity contribution is 5.74. The topological polar surface area (TPSA) is 0 Å². The number of hydrogen-bond acceptors (Lipinski definition) is 0. The van der Waals surface area contributed by atoms with E-state index >= 15 is 0 Å². The zero-order valence-corrected chi connectivity index (χ0v) is 23.7. The van der Waals surface area contributed by atoms with Gasteiger partial charge < -0.3 is 0 Å². The Bertz CT molecular complexity index is 1360.